The maximum Gasteiger partial charge on any atom is 0.259 e. The van der Waals surface area contributed by atoms with Gasteiger partial charge < -0.3 is 30.2 Å². The van der Waals surface area contributed by atoms with Crippen molar-refractivity contribution in [3.8, 4) is 5.75 Å². The first-order chi connectivity index (χ1) is 17.1. The summed E-state index contributed by atoms with van der Waals surface area (Å²) in [5, 5.41) is 2.99. The molecule has 1 atom stereocenters. The number of pyridine rings is 1. The first-order valence-corrected chi connectivity index (χ1v) is 11.6. The predicted molar refractivity (Wildman–Crippen MR) is 131 cm³/mol. The van der Waals surface area contributed by atoms with Crippen molar-refractivity contribution in [2.24, 2.45) is 9.98 Å². The molecule has 1 aromatic heterocycles. The van der Waals surface area contributed by atoms with Gasteiger partial charge in [-0.15, -0.1) is 0 Å². The Labute approximate surface area is 203 Å². The number of hydrogen-bond acceptors (Lipinski definition) is 10. The van der Waals surface area contributed by atoms with E-state index >= 15 is 0 Å². The summed E-state index contributed by atoms with van der Waals surface area (Å²) >= 11 is 0. The topological polar surface area (TPSA) is 127 Å². The molecule has 1 fully saturated rings. The van der Waals surface area contributed by atoms with Crippen LogP contribution in [0.25, 0.3) is 0 Å². The van der Waals surface area contributed by atoms with E-state index in [-0.39, 0.29) is 18.3 Å². The number of ether oxygens (including phenoxy) is 3. The van der Waals surface area contributed by atoms with Gasteiger partial charge in [0.2, 0.25) is 0 Å². The number of nitrogens with two attached hydrogens (primary N) is 1. The molecule has 0 saturated carbocycles. The molecule has 0 aliphatic carbocycles. The number of amidine groups is 1. The maximum atomic E-state index is 13.2. The van der Waals surface area contributed by atoms with Crippen LogP contribution in [0, 0.1) is 0 Å². The Balaban J connectivity index is 1.38. The lowest BCUT2D eigenvalue weighted by Gasteiger charge is -2.30. The molecule has 0 spiro atoms. The molecule has 0 bridgehead atoms. The Kier molecular flexibility index (Phi) is 6.62. The summed E-state index contributed by atoms with van der Waals surface area (Å²) in [5.41, 5.74) is 7.67. The average molecular weight is 480 g/mol. The SMILES string of the molecule is COc1cccc2c1N=CN1CC(NC(=O)c3ccnc(N)c3)(OCCCN3CCOCC3)N=C21. The number of anilines is 1. The van der Waals surface area contributed by atoms with Gasteiger partial charge in [-0.25, -0.2) is 15.0 Å². The molecule has 3 aliphatic rings. The number of aliphatic imine (C=N–C) groups is 2. The van der Waals surface area contributed by atoms with Crippen molar-refractivity contribution in [1.82, 2.24) is 20.1 Å². The third-order valence-corrected chi connectivity index (χ3v) is 6.14. The number of amides is 1. The Bertz CT molecular complexity index is 1150. The van der Waals surface area contributed by atoms with E-state index < -0.39 is 5.85 Å². The van der Waals surface area contributed by atoms with Crippen molar-refractivity contribution in [3.63, 3.8) is 0 Å². The fourth-order valence-electron chi connectivity index (χ4n) is 4.39. The zero-order valence-corrected chi connectivity index (χ0v) is 19.6. The van der Waals surface area contributed by atoms with Crippen molar-refractivity contribution < 1.29 is 19.0 Å². The summed E-state index contributed by atoms with van der Waals surface area (Å²) in [6, 6.07) is 8.81. The molecular formula is C24H29N7O4. The first-order valence-electron chi connectivity index (χ1n) is 11.6. The van der Waals surface area contributed by atoms with Gasteiger partial charge in [-0.1, -0.05) is 6.07 Å². The molecule has 1 saturated heterocycles. The second-order valence-corrected chi connectivity index (χ2v) is 8.53. The summed E-state index contributed by atoms with van der Waals surface area (Å²) in [5.74, 6) is -0.0507. The number of benzene rings is 1. The highest BCUT2D eigenvalue weighted by molar-refractivity contribution is 6.12. The van der Waals surface area contributed by atoms with Gasteiger partial charge in [0.05, 0.1) is 39.8 Å². The zero-order valence-electron chi connectivity index (χ0n) is 19.6. The number of hydrogen-bond donors (Lipinski definition) is 2. The van der Waals surface area contributed by atoms with Crippen molar-refractivity contribution in [2.45, 2.75) is 12.3 Å². The van der Waals surface area contributed by atoms with E-state index in [9.17, 15) is 4.79 Å². The summed E-state index contributed by atoms with van der Waals surface area (Å²) < 4.78 is 17.2. The average Bonchev–Trinajstić information content (AvgIpc) is 3.25. The number of methoxy groups -OCH3 is 1. The Morgan fingerprint density at radius 3 is 2.94 bits per heavy atom. The Morgan fingerprint density at radius 2 is 2.14 bits per heavy atom. The van der Waals surface area contributed by atoms with Gasteiger partial charge in [-0.3, -0.25) is 9.69 Å². The zero-order chi connectivity index (χ0) is 24.3. The smallest absolute Gasteiger partial charge is 0.259 e. The van der Waals surface area contributed by atoms with Crippen molar-refractivity contribution in [1.29, 1.82) is 0 Å². The molecule has 5 rings (SSSR count). The number of nitrogens with one attached hydrogen (secondary N) is 1. The number of nitrogens with zero attached hydrogens (tertiary/aromatic N) is 5. The molecule has 1 aromatic carbocycles. The van der Waals surface area contributed by atoms with E-state index in [0.29, 0.717) is 29.4 Å². The molecule has 11 nitrogen and oxygen atoms in total. The van der Waals surface area contributed by atoms with E-state index in [1.807, 2.05) is 23.1 Å². The van der Waals surface area contributed by atoms with Crippen LogP contribution in [-0.2, 0) is 9.47 Å². The van der Waals surface area contributed by atoms with E-state index in [4.69, 9.17) is 24.9 Å². The highest BCUT2D eigenvalue weighted by Gasteiger charge is 2.44. The number of rotatable bonds is 8. The summed E-state index contributed by atoms with van der Waals surface area (Å²) in [4.78, 5) is 30.8. The van der Waals surface area contributed by atoms with E-state index in [1.165, 1.54) is 12.3 Å². The van der Waals surface area contributed by atoms with Crippen LogP contribution in [0.15, 0.2) is 46.5 Å². The van der Waals surface area contributed by atoms with Gasteiger partial charge in [-0.2, -0.15) is 0 Å². The lowest BCUT2D eigenvalue weighted by molar-refractivity contribution is -0.0580. The minimum atomic E-state index is -1.29. The molecule has 35 heavy (non-hydrogen) atoms. The van der Waals surface area contributed by atoms with E-state index in [2.05, 4.69) is 20.2 Å². The lowest BCUT2D eigenvalue weighted by Crippen LogP contribution is -2.53. The van der Waals surface area contributed by atoms with Gasteiger partial charge in [0, 0.05) is 37.0 Å². The number of aromatic nitrogens is 1. The molecule has 1 unspecified atom stereocenters. The number of carbonyl (C=O) groups is 1. The second kappa shape index (κ2) is 9.98. The fourth-order valence-corrected chi connectivity index (χ4v) is 4.39. The first kappa shape index (κ1) is 23.2. The number of morpholine rings is 1. The second-order valence-electron chi connectivity index (χ2n) is 8.53. The molecule has 184 valence electrons. The van der Waals surface area contributed by atoms with Gasteiger partial charge in [0.15, 0.2) is 0 Å². The minimum absolute atomic E-state index is 0.265. The van der Waals surface area contributed by atoms with Crippen LogP contribution in [0.1, 0.15) is 22.3 Å². The van der Waals surface area contributed by atoms with Crippen LogP contribution < -0.4 is 15.8 Å². The monoisotopic (exact) mass is 479 g/mol. The van der Waals surface area contributed by atoms with E-state index in [0.717, 1.165) is 44.8 Å². The van der Waals surface area contributed by atoms with Gasteiger partial charge in [0.1, 0.15) is 23.1 Å². The normalized spacial score (nSPS) is 21.3. The quantitative estimate of drug-likeness (QED) is 0.428. The van der Waals surface area contributed by atoms with Crippen LogP contribution in [0.2, 0.25) is 0 Å². The summed E-state index contributed by atoms with van der Waals surface area (Å²) in [6.07, 6.45) is 3.99. The molecule has 3 aliphatic heterocycles. The summed E-state index contributed by atoms with van der Waals surface area (Å²) in [7, 11) is 1.61. The number of nitrogen functional groups attached to an aromatic ring is 1. The fraction of sp³-hybridized carbons (Fsp3) is 0.417. The lowest BCUT2D eigenvalue weighted by atomic mass is 10.1. The largest absolute Gasteiger partial charge is 0.494 e. The van der Waals surface area contributed by atoms with Crippen LogP contribution in [-0.4, -0.2) is 91.8 Å². The summed E-state index contributed by atoms with van der Waals surface area (Å²) in [6.45, 7) is 4.92. The number of para-hydroxylation sites is 1. The molecule has 4 heterocycles. The maximum absolute atomic E-state index is 13.2. The minimum Gasteiger partial charge on any atom is -0.494 e. The van der Waals surface area contributed by atoms with Crippen molar-refractivity contribution in [2.75, 3.05) is 58.8 Å². The van der Waals surface area contributed by atoms with Crippen molar-refractivity contribution >= 4 is 29.6 Å². The Morgan fingerprint density at radius 1 is 1.29 bits per heavy atom. The molecule has 1 amide bonds. The standard InChI is InChI=1S/C24H29N7O4/c1-33-19-5-2-4-18-21(19)27-16-31-15-24(28-22(18)31,29-23(32)17-6-7-26-20(25)14-17)35-11-3-8-30-9-12-34-13-10-30/h2,4-7,14,16H,3,8-13,15H2,1H3,(H2,25,26)(H,29,32). The predicted octanol–water partition coefficient (Wildman–Crippen LogP) is 1.23. The Hall–Kier alpha value is -3.54. The highest BCUT2D eigenvalue weighted by Crippen LogP contribution is 2.37. The highest BCUT2D eigenvalue weighted by atomic mass is 16.5. The van der Waals surface area contributed by atoms with Crippen LogP contribution in [0.5, 0.6) is 5.75 Å². The van der Waals surface area contributed by atoms with Crippen molar-refractivity contribution in [3.05, 3.63) is 47.7 Å². The van der Waals surface area contributed by atoms with Gasteiger partial charge in [-0.05, 0) is 30.7 Å². The van der Waals surface area contributed by atoms with Gasteiger partial charge >= 0.3 is 0 Å². The molecular weight excluding hydrogens is 450 g/mol. The molecule has 0 radical (unpaired) electrons. The molecule has 11 heteroatoms. The molecule has 2 aromatic rings. The van der Waals surface area contributed by atoms with Crippen LogP contribution in [0.4, 0.5) is 11.5 Å². The third-order valence-electron chi connectivity index (χ3n) is 6.14. The third kappa shape index (κ3) is 4.97. The number of carbonyl (C=O) groups excluding carboxylic acids is 1. The van der Waals surface area contributed by atoms with E-state index in [1.54, 1.807) is 19.5 Å². The molecule has 3 N–H and O–H groups in total. The van der Waals surface area contributed by atoms with Crippen LogP contribution in [0.3, 0.4) is 0 Å². The number of fused-ring (bicyclic) bond motifs is 3. The van der Waals surface area contributed by atoms with Gasteiger partial charge in [0.25, 0.3) is 11.8 Å². The van der Waals surface area contributed by atoms with Crippen LogP contribution >= 0.6 is 0 Å².